The van der Waals surface area contributed by atoms with Crippen molar-refractivity contribution in [2.24, 2.45) is 5.92 Å². The number of ether oxygens (including phenoxy) is 1. The summed E-state index contributed by atoms with van der Waals surface area (Å²) in [5.41, 5.74) is 3.20. The van der Waals surface area contributed by atoms with Gasteiger partial charge in [-0.2, -0.15) is 4.31 Å². The molecular weight excluding hydrogens is 526 g/mol. The second-order valence-electron chi connectivity index (χ2n) is 10.6. The molecule has 0 heterocycles. The van der Waals surface area contributed by atoms with Crippen LogP contribution in [-0.4, -0.2) is 70.2 Å². The zero-order valence-corrected chi connectivity index (χ0v) is 25.0. The third kappa shape index (κ3) is 8.06. The van der Waals surface area contributed by atoms with Crippen molar-refractivity contribution in [3.63, 3.8) is 0 Å². The number of carbonyl (C=O) groups is 1. The van der Waals surface area contributed by atoms with Crippen molar-refractivity contribution in [2.75, 3.05) is 39.2 Å². The van der Waals surface area contributed by atoms with Gasteiger partial charge in [0.15, 0.2) is 0 Å². The number of aryl methyl sites for hydroxylation is 1. The lowest BCUT2D eigenvalue weighted by Gasteiger charge is -2.31. The highest BCUT2D eigenvalue weighted by Crippen LogP contribution is 2.22. The largest absolute Gasteiger partial charge is 0.497 e. The van der Waals surface area contributed by atoms with E-state index in [0.29, 0.717) is 17.7 Å². The van der Waals surface area contributed by atoms with E-state index in [0.717, 1.165) is 16.8 Å². The van der Waals surface area contributed by atoms with Crippen LogP contribution >= 0.6 is 0 Å². The Hall–Kier alpha value is -3.40. The lowest BCUT2D eigenvalue weighted by atomic mass is 9.99. The van der Waals surface area contributed by atoms with Crippen LogP contribution < -0.4 is 15.0 Å². The topological polar surface area (TPSA) is 99.2 Å². The first-order chi connectivity index (χ1) is 18.9. The average Bonchev–Trinajstić information content (AvgIpc) is 2.92. The molecule has 8 nitrogen and oxygen atoms in total. The van der Waals surface area contributed by atoms with Gasteiger partial charge in [0.1, 0.15) is 5.75 Å². The molecule has 3 rings (SSSR count). The molecule has 0 bridgehead atoms. The number of rotatable bonds is 13. The Balaban J connectivity index is 1.90. The first kappa shape index (κ1) is 31.1. The SMILES string of the molecule is COc1ccc(S(=O)(=O)N(CC(C)C)C[C@@H](O)[C@H](Cc2ccccc2)NC(=O)c2ccc(N(C)C)cc2C)cc1. The molecule has 40 heavy (non-hydrogen) atoms. The van der Waals surface area contributed by atoms with E-state index in [1.54, 1.807) is 18.2 Å². The first-order valence-corrected chi connectivity index (χ1v) is 14.8. The summed E-state index contributed by atoms with van der Waals surface area (Å²) >= 11 is 0. The van der Waals surface area contributed by atoms with Crippen LogP contribution in [0.3, 0.4) is 0 Å². The van der Waals surface area contributed by atoms with Gasteiger partial charge in [-0.15, -0.1) is 0 Å². The molecule has 0 saturated carbocycles. The average molecular weight is 568 g/mol. The van der Waals surface area contributed by atoms with Crippen molar-refractivity contribution in [2.45, 2.75) is 44.2 Å². The quantitative estimate of drug-likeness (QED) is 0.323. The Labute approximate surface area is 238 Å². The van der Waals surface area contributed by atoms with Crippen LogP contribution in [-0.2, 0) is 16.4 Å². The highest BCUT2D eigenvalue weighted by molar-refractivity contribution is 7.89. The van der Waals surface area contributed by atoms with Crippen molar-refractivity contribution in [3.8, 4) is 5.75 Å². The molecule has 0 aliphatic rings. The fourth-order valence-electron chi connectivity index (χ4n) is 4.49. The van der Waals surface area contributed by atoms with Crippen LogP contribution in [0.25, 0.3) is 0 Å². The zero-order valence-electron chi connectivity index (χ0n) is 24.2. The van der Waals surface area contributed by atoms with Crippen LogP contribution in [0.5, 0.6) is 5.75 Å². The molecule has 0 fully saturated rings. The number of hydrogen-bond acceptors (Lipinski definition) is 6. The van der Waals surface area contributed by atoms with E-state index in [9.17, 15) is 18.3 Å². The maximum atomic E-state index is 13.6. The number of anilines is 1. The lowest BCUT2D eigenvalue weighted by molar-refractivity contribution is 0.0775. The van der Waals surface area contributed by atoms with Gasteiger partial charge in [0, 0.05) is 38.4 Å². The molecule has 0 unspecified atom stereocenters. The standard InChI is InChI=1S/C31H41N3O5S/c1-22(2)20-34(40(37,38)27-15-13-26(39-6)14-16-27)21-30(35)29(19-24-10-8-7-9-11-24)32-31(36)28-17-12-25(33(4)5)18-23(28)3/h7-18,22,29-30,35H,19-21H2,1-6H3,(H,32,36)/t29-,30+/m0/s1. The third-order valence-corrected chi connectivity index (χ3v) is 8.55. The summed E-state index contributed by atoms with van der Waals surface area (Å²) in [7, 11) is 1.46. The van der Waals surface area contributed by atoms with E-state index < -0.39 is 22.2 Å². The fraction of sp³-hybridized carbons (Fsp3) is 0.387. The maximum Gasteiger partial charge on any atom is 0.251 e. The van der Waals surface area contributed by atoms with Gasteiger partial charge in [-0.1, -0.05) is 44.2 Å². The van der Waals surface area contributed by atoms with Gasteiger partial charge < -0.3 is 20.1 Å². The first-order valence-electron chi connectivity index (χ1n) is 13.4. The van der Waals surface area contributed by atoms with Gasteiger partial charge in [-0.3, -0.25) is 4.79 Å². The summed E-state index contributed by atoms with van der Waals surface area (Å²) in [6.07, 6.45) is -0.835. The van der Waals surface area contributed by atoms with E-state index >= 15 is 0 Å². The number of benzene rings is 3. The molecule has 0 spiro atoms. The van der Waals surface area contributed by atoms with Gasteiger partial charge in [-0.25, -0.2) is 8.42 Å². The van der Waals surface area contributed by atoms with E-state index in [4.69, 9.17) is 4.74 Å². The number of aliphatic hydroxyl groups is 1. The Bertz CT molecular complexity index is 1360. The minimum atomic E-state index is -3.92. The second kappa shape index (κ2) is 13.8. The number of amides is 1. The molecule has 0 aliphatic carbocycles. The van der Waals surface area contributed by atoms with E-state index in [1.807, 2.05) is 82.2 Å². The molecule has 0 aliphatic heterocycles. The smallest absolute Gasteiger partial charge is 0.251 e. The molecule has 216 valence electrons. The summed E-state index contributed by atoms with van der Waals surface area (Å²) in [5.74, 6) is 0.241. The summed E-state index contributed by atoms with van der Waals surface area (Å²) in [6, 6.07) is 20.6. The molecule has 3 aromatic carbocycles. The molecule has 9 heteroatoms. The number of hydrogen-bond donors (Lipinski definition) is 2. The van der Waals surface area contributed by atoms with Crippen molar-refractivity contribution in [3.05, 3.63) is 89.5 Å². The predicted octanol–water partition coefficient (Wildman–Crippen LogP) is 4.12. The summed E-state index contributed by atoms with van der Waals surface area (Å²) in [5, 5.41) is 14.5. The van der Waals surface area contributed by atoms with Crippen molar-refractivity contribution >= 4 is 21.6 Å². The van der Waals surface area contributed by atoms with E-state index in [2.05, 4.69) is 5.32 Å². The lowest BCUT2D eigenvalue weighted by Crippen LogP contribution is -2.51. The molecule has 0 radical (unpaired) electrons. The Morgan fingerprint density at radius 3 is 2.17 bits per heavy atom. The highest BCUT2D eigenvalue weighted by Gasteiger charge is 2.31. The predicted molar refractivity (Wildman–Crippen MR) is 160 cm³/mol. The Kier molecular flexibility index (Phi) is 10.7. The van der Waals surface area contributed by atoms with Gasteiger partial charge in [-0.05, 0) is 72.9 Å². The molecule has 0 saturated heterocycles. The van der Waals surface area contributed by atoms with Crippen LogP contribution in [0, 0.1) is 12.8 Å². The number of sulfonamides is 1. The van der Waals surface area contributed by atoms with Gasteiger partial charge >= 0.3 is 0 Å². The Morgan fingerprint density at radius 1 is 0.975 bits per heavy atom. The Morgan fingerprint density at radius 2 is 1.62 bits per heavy atom. The minimum Gasteiger partial charge on any atom is -0.497 e. The van der Waals surface area contributed by atoms with Crippen LogP contribution in [0.15, 0.2) is 77.7 Å². The minimum absolute atomic E-state index is 0.0141. The van der Waals surface area contributed by atoms with E-state index in [1.165, 1.54) is 23.5 Å². The molecular formula is C31H41N3O5S. The molecule has 1 amide bonds. The zero-order chi connectivity index (χ0) is 29.4. The molecule has 3 aromatic rings. The summed E-state index contributed by atoms with van der Waals surface area (Å²) in [4.78, 5) is 15.5. The number of carbonyl (C=O) groups excluding carboxylic acids is 1. The summed E-state index contributed by atoms with van der Waals surface area (Å²) < 4.78 is 33.7. The van der Waals surface area contributed by atoms with Crippen LogP contribution in [0.4, 0.5) is 5.69 Å². The van der Waals surface area contributed by atoms with Crippen LogP contribution in [0.2, 0.25) is 0 Å². The molecule has 0 aromatic heterocycles. The highest BCUT2D eigenvalue weighted by atomic mass is 32.2. The maximum absolute atomic E-state index is 13.6. The second-order valence-corrected chi connectivity index (χ2v) is 12.6. The monoisotopic (exact) mass is 567 g/mol. The van der Waals surface area contributed by atoms with Crippen molar-refractivity contribution in [1.82, 2.24) is 9.62 Å². The molecule has 2 N–H and O–H groups in total. The van der Waals surface area contributed by atoms with Crippen LogP contribution in [0.1, 0.15) is 35.3 Å². The molecule has 2 atom stereocenters. The summed E-state index contributed by atoms with van der Waals surface area (Å²) in [6.45, 7) is 5.75. The van der Waals surface area contributed by atoms with Crippen molar-refractivity contribution < 1.29 is 23.1 Å². The number of nitrogens with zero attached hydrogens (tertiary/aromatic N) is 2. The number of methoxy groups -OCH3 is 1. The van der Waals surface area contributed by atoms with Gasteiger partial charge in [0.05, 0.1) is 24.2 Å². The van der Waals surface area contributed by atoms with E-state index in [-0.39, 0.29) is 29.8 Å². The third-order valence-electron chi connectivity index (χ3n) is 6.71. The van der Waals surface area contributed by atoms with Gasteiger partial charge in [0.25, 0.3) is 5.91 Å². The number of nitrogens with one attached hydrogen (secondary N) is 1. The number of aliphatic hydroxyl groups excluding tert-OH is 1. The van der Waals surface area contributed by atoms with Crippen molar-refractivity contribution in [1.29, 1.82) is 0 Å². The fourth-order valence-corrected chi connectivity index (χ4v) is 6.11. The van der Waals surface area contributed by atoms with Gasteiger partial charge in [0.2, 0.25) is 10.0 Å². The normalized spacial score (nSPS) is 13.2.